The summed E-state index contributed by atoms with van der Waals surface area (Å²) >= 11 is 0. The van der Waals surface area contributed by atoms with Gasteiger partial charge in [-0.3, -0.25) is 0 Å². The highest BCUT2D eigenvalue weighted by molar-refractivity contribution is 5.30. The zero-order valence-electron chi connectivity index (χ0n) is 6.40. The average molecular weight is 170 g/mol. The highest BCUT2D eigenvalue weighted by Gasteiger charge is 2.31. The summed E-state index contributed by atoms with van der Waals surface area (Å²) in [4.78, 5) is 0. The van der Waals surface area contributed by atoms with Gasteiger partial charge in [0.15, 0.2) is 5.76 Å². The molecule has 0 aromatic heterocycles. The van der Waals surface area contributed by atoms with Crippen LogP contribution >= 0.6 is 0 Å². The largest absolute Gasteiger partial charge is 0.512 e. The van der Waals surface area contributed by atoms with E-state index in [-0.39, 0.29) is 17.1 Å². The molecule has 1 aliphatic rings. The van der Waals surface area contributed by atoms with Gasteiger partial charge in [-0.1, -0.05) is 13.2 Å². The number of hydrogen-bond donors (Lipinski definition) is 3. The van der Waals surface area contributed by atoms with Gasteiger partial charge in [0.2, 0.25) is 0 Å². The van der Waals surface area contributed by atoms with Crippen molar-refractivity contribution in [3.05, 3.63) is 36.5 Å². The van der Waals surface area contributed by atoms with Crippen LogP contribution < -0.4 is 0 Å². The third kappa shape index (κ3) is 1.22. The quantitative estimate of drug-likeness (QED) is 0.359. The van der Waals surface area contributed by atoms with E-state index in [2.05, 4.69) is 13.2 Å². The predicted octanol–water partition coefficient (Wildman–Crippen LogP) is 0.208. The molecular weight excluding hydrogens is 160 g/mol. The molecule has 0 amide bonds. The predicted molar refractivity (Wildman–Crippen MR) is 42.1 cm³/mol. The van der Waals surface area contributed by atoms with E-state index in [0.29, 0.717) is 6.26 Å². The van der Waals surface area contributed by atoms with Crippen LogP contribution in [0.5, 0.6) is 0 Å². The zero-order chi connectivity index (χ0) is 9.30. The lowest BCUT2D eigenvalue weighted by molar-refractivity contribution is 0.0598. The van der Waals surface area contributed by atoms with Crippen molar-refractivity contribution in [3.63, 3.8) is 0 Å². The van der Waals surface area contributed by atoms with Crippen molar-refractivity contribution in [2.45, 2.75) is 12.2 Å². The number of aliphatic hydroxyl groups excluding tert-OH is 3. The lowest BCUT2D eigenvalue weighted by Gasteiger charge is -2.28. The molecule has 0 spiro atoms. The van der Waals surface area contributed by atoms with Crippen molar-refractivity contribution in [1.82, 2.24) is 0 Å². The van der Waals surface area contributed by atoms with E-state index in [9.17, 15) is 10.2 Å². The van der Waals surface area contributed by atoms with Gasteiger partial charge in [0.05, 0.1) is 0 Å². The molecule has 0 saturated carbocycles. The van der Waals surface area contributed by atoms with Crippen LogP contribution in [0.2, 0.25) is 0 Å². The molecule has 0 bridgehead atoms. The van der Waals surface area contributed by atoms with Gasteiger partial charge in [-0.25, -0.2) is 0 Å². The van der Waals surface area contributed by atoms with Gasteiger partial charge in [0.25, 0.3) is 0 Å². The standard InChI is InChI=1S/C8H10O4/c1-4-7(10)5(2)12-6(3-9)8(4)11/h3,7-11H,1-2H2/b6-3+/t7-,8+/m0/s1. The Labute approximate surface area is 69.7 Å². The van der Waals surface area contributed by atoms with Crippen LogP contribution in [0.3, 0.4) is 0 Å². The van der Waals surface area contributed by atoms with Crippen LogP contribution in [0.25, 0.3) is 0 Å². The Morgan fingerprint density at radius 2 is 1.83 bits per heavy atom. The van der Waals surface area contributed by atoms with Crippen LogP contribution in [0, 0.1) is 0 Å². The summed E-state index contributed by atoms with van der Waals surface area (Å²) in [5.41, 5.74) is 0.145. The van der Waals surface area contributed by atoms with Crippen LogP contribution in [-0.4, -0.2) is 27.5 Å². The minimum atomic E-state index is -1.17. The summed E-state index contributed by atoms with van der Waals surface area (Å²) in [6.07, 6.45) is -1.63. The monoisotopic (exact) mass is 170 g/mol. The second-order valence-electron chi connectivity index (χ2n) is 2.48. The Balaban J connectivity index is 2.92. The second-order valence-corrected chi connectivity index (χ2v) is 2.48. The van der Waals surface area contributed by atoms with Gasteiger partial charge in [0.1, 0.15) is 24.2 Å². The summed E-state index contributed by atoms with van der Waals surface area (Å²) < 4.78 is 4.79. The van der Waals surface area contributed by atoms with Crippen molar-refractivity contribution in [2.75, 3.05) is 0 Å². The van der Waals surface area contributed by atoms with Crippen molar-refractivity contribution in [1.29, 1.82) is 0 Å². The van der Waals surface area contributed by atoms with Gasteiger partial charge in [0, 0.05) is 0 Å². The van der Waals surface area contributed by atoms with Crippen molar-refractivity contribution >= 4 is 0 Å². The first-order valence-corrected chi connectivity index (χ1v) is 3.33. The zero-order valence-corrected chi connectivity index (χ0v) is 6.40. The molecule has 0 aromatic carbocycles. The molecule has 66 valence electrons. The molecule has 1 saturated heterocycles. The molecule has 4 heteroatoms. The van der Waals surface area contributed by atoms with Crippen LogP contribution in [0.4, 0.5) is 0 Å². The van der Waals surface area contributed by atoms with Gasteiger partial charge >= 0.3 is 0 Å². The molecule has 1 rings (SSSR count). The molecule has 0 aromatic rings. The Bertz CT molecular complexity index is 254. The minimum Gasteiger partial charge on any atom is -0.512 e. The molecule has 0 unspecified atom stereocenters. The fourth-order valence-electron chi connectivity index (χ4n) is 0.899. The Hall–Kier alpha value is -1.26. The van der Waals surface area contributed by atoms with E-state index in [1.807, 2.05) is 0 Å². The maximum atomic E-state index is 9.27. The molecule has 1 fully saturated rings. The van der Waals surface area contributed by atoms with Crippen LogP contribution in [0.1, 0.15) is 0 Å². The molecular formula is C8H10O4. The second kappa shape index (κ2) is 3.00. The Kier molecular flexibility index (Phi) is 2.21. The summed E-state index contributed by atoms with van der Waals surface area (Å²) in [6, 6.07) is 0. The summed E-state index contributed by atoms with van der Waals surface area (Å²) in [7, 11) is 0. The van der Waals surface area contributed by atoms with Crippen molar-refractivity contribution < 1.29 is 20.1 Å². The third-order valence-electron chi connectivity index (χ3n) is 1.65. The lowest BCUT2D eigenvalue weighted by atomic mass is 10.0. The first-order valence-electron chi connectivity index (χ1n) is 3.33. The fraction of sp³-hybridized carbons (Fsp3) is 0.250. The summed E-state index contributed by atoms with van der Waals surface area (Å²) in [5.74, 6) is -0.0269. The lowest BCUT2D eigenvalue weighted by Crippen LogP contribution is -2.32. The highest BCUT2D eigenvalue weighted by Crippen LogP contribution is 2.27. The Morgan fingerprint density at radius 1 is 1.25 bits per heavy atom. The van der Waals surface area contributed by atoms with E-state index < -0.39 is 12.2 Å². The van der Waals surface area contributed by atoms with Crippen LogP contribution in [0.15, 0.2) is 36.5 Å². The number of hydrogen-bond acceptors (Lipinski definition) is 4. The molecule has 1 heterocycles. The summed E-state index contributed by atoms with van der Waals surface area (Å²) in [6.45, 7) is 6.81. The van der Waals surface area contributed by atoms with Crippen molar-refractivity contribution in [2.24, 2.45) is 0 Å². The topological polar surface area (TPSA) is 69.9 Å². The van der Waals surface area contributed by atoms with Gasteiger partial charge in [-0.15, -0.1) is 0 Å². The molecule has 3 N–H and O–H groups in total. The maximum absolute atomic E-state index is 9.27. The normalized spacial score (nSPS) is 33.7. The summed E-state index contributed by atoms with van der Waals surface area (Å²) in [5, 5.41) is 27.1. The number of ether oxygens (including phenoxy) is 1. The number of aliphatic hydroxyl groups is 3. The smallest absolute Gasteiger partial charge is 0.171 e. The molecule has 0 radical (unpaired) electrons. The maximum Gasteiger partial charge on any atom is 0.171 e. The first kappa shape index (κ1) is 8.83. The molecule has 1 aliphatic heterocycles. The van der Waals surface area contributed by atoms with Gasteiger partial charge in [-0.2, -0.15) is 0 Å². The average Bonchev–Trinajstić information content (AvgIpc) is 2.08. The Morgan fingerprint density at radius 3 is 2.33 bits per heavy atom. The molecule has 4 nitrogen and oxygen atoms in total. The van der Waals surface area contributed by atoms with Crippen molar-refractivity contribution in [3.8, 4) is 0 Å². The van der Waals surface area contributed by atoms with E-state index in [1.54, 1.807) is 0 Å². The van der Waals surface area contributed by atoms with Crippen LogP contribution in [-0.2, 0) is 4.74 Å². The van der Waals surface area contributed by atoms with E-state index in [0.717, 1.165) is 0 Å². The fourth-order valence-corrected chi connectivity index (χ4v) is 0.899. The van der Waals surface area contributed by atoms with E-state index in [1.165, 1.54) is 0 Å². The minimum absolute atomic E-state index is 0.0469. The van der Waals surface area contributed by atoms with E-state index in [4.69, 9.17) is 9.84 Å². The first-order chi connectivity index (χ1) is 5.57. The highest BCUT2D eigenvalue weighted by atomic mass is 16.5. The molecule has 2 atom stereocenters. The van der Waals surface area contributed by atoms with Gasteiger partial charge in [-0.05, 0) is 5.57 Å². The molecule has 0 aliphatic carbocycles. The third-order valence-corrected chi connectivity index (χ3v) is 1.65. The SMILES string of the molecule is C=C1O/C(=C/O)[C@H](O)C(=C)[C@@H]1O. The van der Waals surface area contributed by atoms with E-state index >= 15 is 0 Å². The molecule has 12 heavy (non-hydrogen) atoms. The van der Waals surface area contributed by atoms with Gasteiger partial charge < -0.3 is 20.1 Å². The number of rotatable bonds is 0.